The first-order valence-corrected chi connectivity index (χ1v) is 3.58. The molecule has 0 aromatic heterocycles. The van der Waals surface area contributed by atoms with Crippen molar-refractivity contribution < 1.29 is 9.90 Å². The van der Waals surface area contributed by atoms with Gasteiger partial charge in [-0.15, -0.1) is 12.4 Å². The molecule has 0 aliphatic rings. The number of nitrogens with two attached hydrogens (primary N) is 3. The van der Waals surface area contributed by atoms with Crippen LogP contribution in [0.5, 0.6) is 0 Å². The standard InChI is InChI=1S/C6H14N4O2.ClH.H3N.H3P/c7-4(5(11)12)2-1-3-10-6(8)9;;;/h4H,1-3,7H2,(H,11,12)(H4,8,9,10);1H;2*1H3. The number of halogens is 1. The van der Waals surface area contributed by atoms with Crippen molar-refractivity contribution in [1.82, 2.24) is 6.15 Å². The second kappa shape index (κ2) is 13.4. The normalized spacial score (nSPS) is 9.67. The average Bonchev–Trinajstić information content (AvgIpc) is 1.97. The summed E-state index contributed by atoms with van der Waals surface area (Å²) >= 11 is 0. The first-order chi connectivity index (χ1) is 5.54. The molecule has 2 atom stereocenters. The Balaban J connectivity index is -0.000000202. The minimum atomic E-state index is -1.00. The van der Waals surface area contributed by atoms with Gasteiger partial charge in [-0.2, -0.15) is 9.90 Å². The second-order valence-corrected chi connectivity index (χ2v) is 2.39. The molecule has 2 unspecified atom stereocenters. The van der Waals surface area contributed by atoms with E-state index >= 15 is 0 Å². The molecular weight excluding hydrogens is 241 g/mol. The number of rotatable bonds is 5. The zero-order chi connectivity index (χ0) is 9.56. The van der Waals surface area contributed by atoms with Crippen LogP contribution in [-0.4, -0.2) is 29.6 Å². The molecule has 0 saturated heterocycles. The quantitative estimate of drug-likeness (QED) is 0.186. The minimum absolute atomic E-state index is 0. The number of hydrogen-bond acceptors (Lipinski definition) is 4. The van der Waals surface area contributed by atoms with Gasteiger partial charge in [-0.1, -0.05) is 0 Å². The van der Waals surface area contributed by atoms with E-state index in [1.807, 2.05) is 0 Å². The third kappa shape index (κ3) is 16.1. The Morgan fingerprint density at radius 1 is 1.40 bits per heavy atom. The molecule has 0 aliphatic carbocycles. The number of carbonyl (C=O) groups is 1. The molecule has 94 valence electrons. The maximum atomic E-state index is 10.2. The van der Waals surface area contributed by atoms with E-state index in [0.29, 0.717) is 19.4 Å². The highest BCUT2D eigenvalue weighted by Gasteiger charge is 2.09. The molecule has 0 aromatic carbocycles. The molecule has 0 bridgehead atoms. The lowest BCUT2D eigenvalue weighted by Crippen LogP contribution is -2.30. The fourth-order valence-electron chi connectivity index (χ4n) is 0.643. The molecule has 10 N–H and O–H groups in total. The Morgan fingerprint density at radius 2 is 1.87 bits per heavy atom. The lowest BCUT2D eigenvalue weighted by Gasteiger charge is -2.03. The van der Waals surface area contributed by atoms with Crippen molar-refractivity contribution in [1.29, 1.82) is 0 Å². The van der Waals surface area contributed by atoms with Crippen LogP contribution in [-0.2, 0) is 4.79 Å². The fourth-order valence-corrected chi connectivity index (χ4v) is 0.643. The average molecular weight is 262 g/mol. The summed E-state index contributed by atoms with van der Waals surface area (Å²) in [6, 6.07) is -0.820. The molecule has 15 heavy (non-hydrogen) atoms. The van der Waals surface area contributed by atoms with Crippen LogP contribution in [0, 0.1) is 0 Å². The molecule has 0 aliphatic heterocycles. The van der Waals surface area contributed by atoms with Crippen molar-refractivity contribution in [2.24, 2.45) is 22.2 Å². The van der Waals surface area contributed by atoms with Gasteiger partial charge in [0.15, 0.2) is 5.96 Å². The van der Waals surface area contributed by atoms with Crippen molar-refractivity contribution in [3.05, 3.63) is 0 Å². The van der Waals surface area contributed by atoms with Crippen molar-refractivity contribution in [3.63, 3.8) is 0 Å². The summed E-state index contributed by atoms with van der Waals surface area (Å²) in [6.07, 6.45) is 0.956. The van der Waals surface area contributed by atoms with Crippen molar-refractivity contribution in [2.75, 3.05) is 6.54 Å². The predicted octanol–water partition coefficient (Wildman–Crippen LogP) is -0.906. The lowest BCUT2D eigenvalue weighted by atomic mass is 10.2. The third-order valence-electron chi connectivity index (χ3n) is 1.28. The van der Waals surface area contributed by atoms with E-state index in [1.165, 1.54) is 0 Å². The molecule has 0 amide bonds. The number of aliphatic carboxylic acids is 1. The van der Waals surface area contributed by atoms with E-state index in [2.05, 4.69) is 4.99 Å². The van der Waals surface area contributed by atoms with Crippen LogP contribution in [0.3, 0.4) is 0 Å². The SMILES string of the molecule is Cl.N.NC(N)=NCCCC(N)C(=O)O.P. The van der Waals surface area contributed by atoms with Crippen LogP contribution in [0.2, 0.25) is 0 Å². The smallest absolute Gasteiger partial charge is 0.320 e. The van der Waals surface area contributed by atoms with Gasteiger partial charge < -0.3 is 28.5 Å². The number of carboxylic acid groups (broad SMARTS) is 1. The molecule has 9 heteroatoms. The molecule has 0 saturated carbocycles. The van der Waals surface area contributed by atoms with Gasteiger partial charge in [0, 0.05) is 6.54 Å². The summed E-state index contributed by atoms with van der Waals surface area (Å²) in [5.41, 5.74) is 15.3. The van der Waals surface area contributed by atoms with Crippen LogP contribution >= 0.6 is 22.3 Å². The van der Waals surface area contributed by atoms with E-state index in [9.17, 15) is 4.79 Å². The van der Waals surface area contributed by atoms with Crippen LogP contribution in [0.1, 0.15) is 12.8 Å². The van der Waals surface area contributed by atoms with Gasteiger partial charge in [0.05, 0.1) is 0 Å². The first kappa shape index (κ1) is 23.9. The van der Waals surface area contributed by atoms with Gasteiger partial charge in [-0.3, -0.25) is 9.79 Å². The van der Waals surface area contributed by atoms with Crippen LogP contribution in [0.15, 0.2) is 4.99 Å². The Bertz CT molecular complexity index is 188. The van der Waals surface area contributed by atoms with Gasteiger partial charge >= 0.3 is 5.97 Å². The molecule has 0 aromatic rings. The summed E-state index contributed by atoms with van der Waals surface area (Å²) in [5.74, 6) is -0.987. The number of nitrogens with zero attached hydrogens (tertiary/aromatic N) is 1. The van der Waals surface area contributed by atoms with E-state index < -0.39 is 12.0 Å². The summed E-state index contributed by atoms with van der Waals surface area (Å²) in [6.45, 7) is 0.420. The topological polar surface area (TPSA) is 163 Å². The van der Waals surface area contributed by atoms with E-state index in [-0.39, 0.29) is 34.4 Å². The largest absolute Gasteiger partial charge is 0.480 e. The summed E-state index contributed by atoms with van der Waals surface area (Å²) in [4.78, 5) is 13.9. The van der Waals surface area contributed by atoms with Gasteiger partial charge in [-0.25, -0.2) is 0 Å². The van der Waals surface area contributed by atoms with Crippen molar-refractivity contribution in [2.45, 2.75) is 18.9 Å². The Hall–Kier alpha value is -0.620. The van der Waals surface area contributed by atoms with E-state index in [4.69, 9.17) is 22.3 Å². The predicted molar refractivity (Wildman–Crippen MR) is 68.9 cm³/mol. The minimum Gasteiger partial charge on any atom is -0.480 e. The number of guanidine groups is 1. The first-order valence-electron chi connectivity index (χ1n) is 3.58. The Labute approximate surface area is 98.5 Å². The van der Waals surface area contributed by atoms with Gasteiger partial charge in [0.25, 0.3) is 0 Å². The molecule has 7 nitrogen and oxygen atoms in total. The maximum Gasteiger partial charge on any atom is 0.320 e. The van der Waals surface area contributed by atoms with E-state index in [0.717, 1.165) is 0 Å². The highest BCUT2D eigenvalue weighted by atomic mass is 35.5. The summed E-state index contributed by atoms with van der Waals surface area (Å²) in [5, 5.41) is 8.38. The summed E-state index contributed by atoms with van der Waals surface area (Å²) in [7, 11) is 0. The summed E-state index contributed by atoms with van der Waals surface area (Å²) < 4.78 is 0. The van der Waals surface area contributed by atoms with Crippen LogP contribution in [0.4, 0.5) is 0 Å². The highest BCUT2D eigenvalue weighted by molar-refractivity contribution is 6.92. The molecule has 0 spiro atoms. The molecule has 0 radical (unpaired) electrons. The van der Waals surface area contributed by atoms with E-state index in [1.54, 1.807) is 0 Å². The third-order valence-corrected chi connectivity index (χ3v) is 1.28. The number of hydrogen-bond donors (Lipinski definition) is 5. The molecular formula is C6H21ClN5O2P. The molecule has 0 heterocycles. The maximum absolute atomic E-state index is 10.2. The fraction of sp³-hybridized carbons (Fsp3) is 0.667. The molecule has 0 fully saturated rings. The highest BCUT2D eigenvalue weighted by Crippen LogP contribution is 1.94. The zero-order valence-electron chi connectivity index (χ0n) is 8.56. The van der Waals surface area contributed by atoms with Gasteiger partial charge in [0.1, 0.15) is 6.04 Å². The Morgan fingerprint density at radius 3 is 2.20 bits per heavy atom. The van der Waals surface area contributed by atoms with Gasteiger partial charge in [-0.05, 0) is 12.8 Å². The second-order valence-electron chi connectivity index (χ2n) is 2.39. The van der Waals surface area contributed by atoms with Crippen LogP contribution in [0.25, 0.3) is 0 Å². The van der Waals surface area contributed by atoms with Crippen molar-refractivity contribution >= 4 is 34.2 Å². The van der Waals surface area contributed by atoms with Crippen LogP contribution < -0.4 is 23.4 Å². The lowest BCUT2D eigenvalue weighted by molar-refractivity contribution is -0.138. The molecule has 0 rings (SSSR count). The number of aliphatic imine (C=N–C) groups is 1. The monoisotopic (exact) mass is 261 g/mol. The zero-order valence-corrected chi connectivity index (χ0v) is 10.8. The van der Waals surface area contributed by atoms with Gasteiger partial charge in [0.2, 0.25) is 0 Å². The number of carboxylic acids is 1. The van der Waals surface area contributed by atoms with Crippen molar-refractivity contribution in [3.8, 4) is 0 Å². The Kier molecular flexibility index (Phi) is 21.3.